The van der Waals surface area contributed by atoms with Crippen molar-refractivity contribution >= 4 is 9.92 Å². The lowest BCUT2D eigenvalue weighted by molar-refractivity contribution is -0.763. The number of hydrogen-bond acceptors (Lipinski definition) is 1. The van der Waals surface area contributed by atoms with Crippen molar-refractivity contribution in [3.05, 3.63) is 0 Å². The van der Waals surface area contributed by atoms with Gasteiger partial charge in [-0.2, -0.15) is 0 Å². The Morgan fingerprint density at radius 2 is 1.67 bits per heavy atom. The van der Waals surface area contributed by atoms with Crippen LogP contribution >= 0.6 is 0 Å². The quantitative estimate of drug-likeness (QED) is 0.516. The van der Waals surface area contributed by atoms with Crippen LogP contribution in [0, 0.1) is 0 Å². The van der Waals surface area contributed by atoms with Gasteiger partial charge in [0.1, 0.15) is 0 Å². The van der Waals surface area contributed by atoms with Crippen molar-refractivity contribution in [3.63, 3.8) is 0 Å². The lowest BCUT2D eigenvalue weighted by atomic mass is 10.5. The maximum atomic E-state index is 5.52. The summed E-state index contributed by atoms with van der Waals surface area (Å²) in [5.74, 6) is 0. The number of nitrogens with zero attached hydrogens (tertiary/aromatic N) is 1. The van der Waals surface area contributed by atoms with E-state index < -0.39 is 0 Å². The molecule has 0 bridgehead atoms. The fraction of sp³-hybridized carbons (Fsp3) is 1.00. The molecule has 3 heteroatoms. The summed E-state index contributed by atoms with van der Waals surface area (Å²) >= 11 is 0. The minimum absolute atomic E-state index is 0.360. The van der Waals surface area contributed by atoms with E-state index >= 15 is 0 Å². The van der Waals surface area contributed by atoms with Gasteiger partial charge in [0.2, 0.25) is 0 Å². The van der Waals surface area contributed by atoms with Gasteiger partial charge in [-0.1, -0.05) is 0 Å². The summed E-state index contributed by atoms with van der Waals surface area (Å²) in [6.07, 6.45) is 0.411. The van der Waals surface area contributed by atoms with Crippen LogP contribution in [-0.4, -0.2) is 41.3 Å². The van der Waals surface area contributed by atoms with E-state index in [4.69, 9.17) is 4.43 Å². The zero-order valence-electron chi connectivity index (χ0n) is 7.14. The Kier molecular flexibility index (Phi) is 3.39. The van der Waals surface area contributed by atoms with Gasteiger partial charge in [0, 0.05) is 6.10 Å². The average Bonchev–Trinajstić information content (AvgIpc) is 1.59. The minimum Gasteiger partial charge on any atom is -0.374 e. The van der Waals surface area contributed by atoms with Crippen LogP contribution in [0.15, 0.2) is 0 Å². The third kappa shape index (κ3) is 8.14. The Morgan fingerprint density at radius 3 is 1.78 bits per heavy atom. The third-order valence-electron chi connectivity index (χ3n) is 0.795. The molecule has 0 radical (unpaired) electrons. The SMILES string of the molecule is CC(C)O[SiH2][N+](C)(C)C. The highest BCUT2D eigenvalue weighted by atomic mass is 28.2. The van der Waals surface area contributed by atoms with Crippen molar-refractivity contribution in [2.45, 2.75) is 20.0 Å². The lowest BCUT2D eigenvalue weighted by Crippen LogP contribution is -2.41. The number of rotatable bonds is 3. The molecule has 0 unspecified atom stereocenters. The topological polar surface area (TPSA) is 9.23 Å². The molecular formula is C6H18NOSi+. The van der Waals surface area contributed by atoms with Crippen LogP contribution in [0.5, 0.6) is 0 Å². The summed E-state index contributed by atoms with van der Waals surface area (Å²) < 4.78 is 6.53. The summed E-state index contributed by atoms with van der Waals surface area (Å²) in [7, 11) is 6.17. The van der Waals surface area contributed by atoms with E-state index in [0.29, 0.717) is 6.10 Å². The van der Waals surface area contributed by atoms with Gasteiger partial charge in [-0.05, 0) is 13.8 Å². The zero-order valence-corrected chi connectivity index (χ0v) is 8.55. The standard InChI is InChI=1S/C6H18NOSi/c1-6(2)8-9-7(3,4)5/h6H,9H2,1-5H3/q+1. The first-order valence-corrected chi connectivity index (χ1v) is 4.55. The Balaban J connectivity index is 3.28. The lowest BCUT2D eigenvalue weighted by Gasteiger charge is -2.24. The first-order valence-electron chi connectivity index (χ1n) is 3.34. The maximum Gasteiger partial charge on any atom is 0.405 e. The second-order valence-electron chi connectivity index (χ2n) is 3.63. The van der Waals surface area contributed by atoms with Gasteiger partial charge >= 0.3 is 9.92 Å². The molecule has 0 aromatic carbocycles. The van der Waals surface area contributed by atoms with E-state index in [1.807, 2.05) is 0 Å². The smallest absolute Gasteiger partial charge is 0.374 e. The predicted molar refractivity (Wildman–Crippen MR) is 42.8 cm³/mol. The largest absolute Gasteiger partial charge is 0.405 e. The highest BCUT2D eigenvalue weighted by Crippen LogP contribution is 1.91. The van der Waals surface area contributed by atoms with Crippen molar-refractivity contribution in [2.24, 2.45) is 0 Å². The number of hydrogen-bond donors (Lipinski definition) is 0. The van der Waals surface area contributed by atoms with Gasteiger partial charge in [-0.3, -0.25) is 0 Å². The van der Waals surface area contributed by atoms with Crippen molar-refractivity contribution in [3.8, 4) is 0 Å². The molecule has 0 aliphatic carbocycles. The van der Waals surface area contributed by atoms with Crippen LogP contribution in [0.2, 0.25) is 0 Å². The van der Waals surface area contributed by atoms with Crippen LogP contribution in [0.4, 0.5) is 0 Å². The number of quaternary nitrogens is 1. The van der Waals surface area contributed by atoms with Crippen LogP contribution in [0.1, 0.15) is 13.8 Å². The molecule has 56 valence electrons. The van der Waals surface area contributed by atoms with Crippen molar-refractivity contribution < 1.29 is 8.57 Å². The Morgan fingerprint density at radius 1 is 1.22 bits per heavy atom. The van der Waals surface area contributed by atoms with Gasteiger partial charge in [0.25, 0.3) is 0 Å². The summed E-state index contributed by atoms with van der Waals surface area (Å²) in [6, 6.07) is 0. The zero-order chi connectivity index (χ0) is 7.49. The van der Waals surface area contributed by atoms with Gasteiger partial charge in [0.05, 0.1) is 21.1 Å². The molecule has 0 amide bonds. The molecule has 0 saturated heterocycles. The van der Waals surface area contributed by atoms with Crippen molar-refractivity contribution in [1.82, 2.24) is 0 Å². The molecule has 0 aliphatic rings. The van der Waals surface area contributed by atoms with Gasteiger partial charge in [-0.25, -0.2) is 0 Å². The van der Waals surface area contributed by atoms with Crippen molar-refractivity contribution in [1.29, 1.82) is 0 Å². The van der Waals surface area contributed by atoms with E-state index in [1.165, 1.54) is 0 Å². The average molecular weight is 148 g/mol. The first-order chi connectivity index (χ1) is 3.92. The Labute approximate surface area is 60.4 Å². The summed E-state index contributed by atoms with van der Waals surface area (Å²) in [5.41, 5.74) is 0. The molecular weight excluding hydrogens is 130 g/mol. The molecule has 0 spiro atoms. The van der Waals surface area contributed by atoms with E-state index in [1.54, 1.807) is 0 Å². The molecule has 0 saturated carbocycles. The highest BCUT2D eigenvalue weighted by molar-refractivity contribution is 6.17. The predicted octanol–water partition coefficient (Wildman–Crippen LogP) is 0.116. The van der Waals surface area contributed by atoms with E-state index in [2.05, 4.69) is 35.0 Å². The molecule has 0 aromatic heterocycles. The molecule has 0 fully saturated rings. The third-order valence-corrected chi connectivity index (χ3v) is 2.39. The molecule has 0 aromatic rings. The molecule has 2 nitrogen and oxygen atoms in total. The van der Waals surface area contributed by atoms with E-state index in [9.17, 15) is 0 Å². The highest BCUT2D eigenvalue weighted by Gasteiger charge is 2.09. The van der Waals surface area contributed by atoms with Gasteiger partial charge in [0.15, 0.2) is 0 Å². The summed E-state index contributed by atoms with van der Waals surface area (Å²) in [5, 5.41) is 0. The van der Waals surface area contributed by atoms with Crippen LogP contribution in [0.25, 0.3) is 0 Å². The van der Waals surface area contributed by atoms with Crippen molar-refractivity contribution in [2.75, 3.05) is 21.1 Å². The molecule has 9 heavy (non-hydrogen) atoms. The van der Waals surface area contributed by atoms with E-state index in [-0.39, 0.29) is 9.92 Å². The summed E-state index contributed by atoms with van der Waals surface area (Å²) in [4.78, 5) is 0. The second kappa shape index (κ2) is 3.34. The van der Waals surface area contributed by atoms with Crippen LogP contribution in [0.3, 0.4) is 0 Å². The fourth-order valence-electron chi connectivity index (χ4n) is 0.373. The second-order valence-corrected chi connectivity index (χ2v) is 6.12. The summed E-state index contributed by atoms with van der Waals surface area (Å²) in [6.45, 7) is 4.17. The molecule has 0 aliphatic heterocycles. The molecule has 0 rings (SSSR count). The van der Waals surface area contributed by atoms with Crippen LogP contribution in [-0.2, 0) is 4.43 Å². The normalized spacial score (nSPS) is 14.0. The maximum absolute atomic E-state index is 5.52. The Bertz CT molecular complexity index is 77.6. The molecule has 0 heterocycles. The monoisotopic (exact) mass is 148 g/mol. The fourth-order valence-corrected chi connectivity index (χ4v) is 1.12. The minimum atomic E-state index is -0.360. The Hall–Kier alpha value is 0.137. The van der Waals surface area contributed by atoms with Gasteiger partial charge in [-0.15, -0.1) is 0 Å². The molecule has 0 N–H and O–H groups in total. The molecule has 0 atom stereocenters. The van der Waals surface area contributed by atoms with Crippen LogP contribution < -0.4 is 0 Å². The first kappa shape index (κ1) is 9.14. The van der Waals surface area contributed by atoms with Gasteiger partial charge < -0.3 is 8.57 Å². The van der Waals surface area contributed by atoms with E-state index in [0.717, 1.165) is 4.15 Å².